The predicted octanol–water partition coefficient (Wildman–Crippen LogP) is 2.59. The fourth-order valence-corrected chi connectivity index (χ4v) is 2.24. The van der Waals surface area contributed by atoms with Crippen LogP contribution in [0.4, 0.5) is 0 Å². The summed E-state index contributed by atoms with van der Waals surface area (Å²) in [6.45, 7) is 2.67. The highest BCUT2D eigenvalue weighted by Crippen LogP contribution is 2.31. The average Bonchev–Trinajstić information content (AvgIpc) is 2.06. The van der Waals surface area contributed by atoms with Crippen LogP contribution in [0.1, 0.15) is 45.4 Å². The molecule has 0 radical (unpaired) electrons. The molecule has 1 aliphatic rings. The molecule has 11 heavy (non-hydrogen) atoms. The van der Waals surface area contributed by atoms with Crippen molar-refractivity contribution >= 4 is 0 Å². The zero-order valence-electron chi connectivity index (χ0n) is 7.55. The van der Waals surface area contributed by atoms with E-state index in [0.717, 1.165) is 5.92 Å². The molecule has 1 N–H and O–H groups in total. The molecule has 0 amide bonds. The Morgan fingerprint density at radius 2 is 2.00 bits per heavy atom. The van der Waals surface area contributed by atoms with Crippen molar-refractivity contribution in [3.63, 3.8) is 0 Å². The molecule has 1 saturated carbocycles. The highest BCUT2D eigenvalue weighted by molar-refractivity contribution is 4.72. The van der Waals surface area contributed by atoms with Gasteiger partial charge in [-0.1, -0.05) is 32.6 Å². The topological polar surface area (TPSA) is 20.2 Å². The quantitative estimate of drug-likeness (QED) is 0.666. The maximum atomic E-state index is 8.98. The molecule has 1 fully saturated rings. The Kier molecular flexibility index (Phi) is 3.92. The average molecular weight is 156 g/mol. The normalized spacial score (nSPS) is 32.2. The van der Waals surface area contributed by atoms with Crippen LogP contribution in [0.15, 0.2) is 0 Å². The van der Waals surface area contributed by atoms with E-state index in [1.165, 1.54) is 38.5 Å². The number of aliphatic hydroxyl groups excluding tert-OH is 1. The van der Waals surface area contributed by atoms with Crippen molar-refractivity contribution in [3.05, 3.63) is 0 Å². The summed E-state index contributed by atoms with van der Waals surface area (Å²) in [6, 6.07) is 0. The van der Waals surface area contributed by atoms with Gasteiger partial charge in [0.2, 0.25) is 0 Å². The van der Waals surface area contributed by atoms with Crippen molar-refractivity contribution in [1.82, 2.24) is 0 Å². The second-order valence-electron chi connectivity index (χ2n) is 3.87. The molecule has 0 aromatic heterocycles. The zero-order chi connectivity index (χ0) is 8.10. The zero-order valence-corrected chi connectivity index (χ0v) is 7.55. The van der Waals surface area contributed by atoms with Gasteiger partial charge in [-0.25, -0.2) is 0 Å². The minimum atomic E-state index is 0.417. The van der Waals surface area contributed by atoms with Gasteiger partial charge in [-0.05, 0) is 24.7 Å². The Morgan fingerprint density at radius 1 is 1.27 bits per heavy atom. The minimum absolute atomic E-state index is 0.417. The van der Waals surface area contributed by atoms with Gasteiger partial charge in [-0.15, -0.1) is 0 Å². The van der Waals surface area contributed by atoms with Crippen molar-refractivity contribution in [3.8, 4) is 0 Å². The van der Waals surface area contributed by atoms with Gasteiger partial charge in [-0.3, -0.25) is 0 Å². The molecule has 0 saturated heterocycles. The van der Waals surface area contributed by atoms with E-state index in [4.69, 9.17) is 5.11 Å². The highest BCUT2D eigenvalue weighted by atomic mass is 16.3. The molecule has 0 aromatic carbocycles. The molecule has 0 aromatic rings. The van der Waals surface area contributed by atoms with Gasteiger partial charge in [0.05, 0.1) is 0 Å². The molecular weight excluding hydrogens is 136 g/mol. The SMILES string of the molecule is CCCC1CCCC(CO)C1. The van der Waals surface area contributed by atoms with Crippen LogP contribution in [-0.4, -0.2) is 11.7 Å². The first-order valence-electron chi connectivity index (χ1n) is 4.97. The third-order valence-electron chi connectivity index (χ3n) is 2.85. The van der Waals surface area contributed by atoms with Crippen molar-refractivity contribution < 1.29 is 5.11 Å². The predicted molar refractivity (Wildman–Crippen MR) is 47.4 cm³/mol. The van der Waals surface area contributed by atoms with Crippen LogP contribution in [0.5, 0.6) is 0 Å². The fourth-order valence-electron chi connectivity index (χ4n) is 2.24. The number of hydrogen-bond acceptors (Lipinski definition) is 1. The van der Waals surface area contributed by atoms with Gasteiger partial charge < -0.3 is 5.11 Å². The summed E-state index contributed by atoms with van der Waals surface area (Å²) in [6.07, 6.45) is 7.97. The molecule has 1 heteroatoms. The first-order chi connectivity index (χ1) is 5.36. The molecule has 2 unspecified atom stereocenters. The third kappa shape index (κ3) is 2.82. The molecule has 0 spiro atoms. The van der Waals surface area contributed by atoms with E-state index >= 15 is 0 Å². The van der Waals surface area contributed by atoms with Crippen molar-refractivity contribution in [2.75, 3.05) is 6.61 Å². The molecule has 66 valence electrons. The summed E-state index contributed by atoms with van der Waals surface area (Å²) in [5, 5.41) is 8.98. The minimum Gasteiger partial charge on any atom is -0.396 e. The lowest BCUT2D eigenvalue weighted by Gasteiger charge is -2.27. The summed E-state index contributed by atoms with van der Waals surface area (Å²) in [5.41, 5.74) is 0. The van der Waals surface area contributed by atoms with Crippen LogP contribution in [0.3, 0.4) is 0 Å². The van der Waals surface area contributed by atoms with Gasteiger partial charge in [-0.2, -0.15) is 0 Å². The maximum Gasteiger partial charge on any atom is 0.0459 e. The van der Waals surface area contributed by atoms with Gasteiger partial charge >= 0.3 is 0 Å². The molecule has 0 heterocycles. The summed E-state index contributed by atoms with van der Waals surface area (Å²) in [4.78, 5) is 0. The van der Waals surface area contributed by atoms with E-state index < -0.39 is 0 Å². The van der Waals surface area contributed by atoms with Crippen LogP contribution in [0.25, 0.3) is 0 Å². The highest BCUT2D eigenvalue weighted by Gasteiger charge is 2.20. The summed E-state index contributed by atoms with van der Waals surface area (Å²) >= 11 is 0. The van der Waals surface area contributed by atoms with Crippen molar-refractivity contribution in [2.24, 2.45) is 11.8 Å². The van der Waals surface area contributed by atoms with Crippen LogP contribution in [0, 0.1) is 11.8 Å². The van der Waals surface area contributed by atoms with Crippen molar-refractivity contribution in [1.29, 1.82) is 0 Å². The monoisotopic (exact) mass is 156 g/mol. The summed E-state index contributed by atoms with van der Waals surface area (Å²) < 4.78 is 0. The molecule has 1 rings (SSSR count). The standard InChI is InChI=1S/C10H20O/c1-2-4-9-5-3-6-10(7-9)8-11/h9-11H,2-8H2,1H3. The third-order valence-corrected chi connectivity index (χ3v) is 2.85. The van der Waals surface area contributed by atoms with E-state index in [0.29, 0.717) is 12.5 Å². The molecular formula is C10H20O. The fraction of sp³-hybridized carbons (Fsp3) is 1.00. The maximum absolute atomic E-state index is 8.98. The lowest BCUT2D eigenvalue weighted by atomic mass is 9.80. The van der Waals surface area contributed by atoms with E-state index in [1.54, 1.807) is 0 Å². The number of hydrogen-bond donors (Lipinski definition) is 1. The molecule has 1 nitrogen and oxygen atoms in total. The van der Waals surface area contributed by atoms with E-state index in [1.807, 2.05) is 0 Å². The summed E-state index contributed by atoms with van der Waals surface area (Å²) in [7, 11) is 0. The van der Waals surface area contributed by atoms with E-state index in [9.17, 15) is 0 Å². The molecule has 0 aliphatic heterocycles. The van der Waals surface area contributed by atoms with Gasteiger partial charge in [0.25, 0.3) is 0 Å². The van der Waals surface area contributed by atoms with Crippen LogP contribution >= 0.6 is 0 Å². The van der Waals surface area contributed by atoms with Crippen LogP contribution in [0.2, 0.25) is 0 Å². The second kappa shape index (κ2) is 4.76. The molecule has 0 bridgehead atoms. The van der Waals surface area contributed by atoms with E-state index in [2.05, 4.69) is 6.92 Å². The lowest BCUT2D eigenvalue weighted by Crippen LogP contribution is -2.18. The molecule has 1 aliphatic carbocycles. The van der Waals surface area contributed by atoms with Gasteiger partial charge in [0.1, 0.15) is 0 Å². The lowest BCUT2D eigenvalue weighted by molar-refractivity contribution is 0.156. The van der Waals surface area contributed by atoms with Crippen molar-refractivity contribution in [2.45, 2.75) is 45.4 Å². The smallest absolute Gasteiger partial charge is 0.0459 e. The second-order valence-corrected chi connectivity index (χ2v) is 3.87. The number of aliphatic hydroxyl groups is 1. The van der Waals surface area contributed by atoms with E-state index in [-0.39, 0.29) is 0 Å². The Bertz CT molecular complexity index is 99.0. The largest absolute Gasteiger partial charge is 0.396 e. The van der Waals surface area contributed by atoms with Crippen LogP contribution < -0.4 is 0 Å². The first kappa shape index (κ1) is 9.05. The Labute approximate surface area is 69.8 Å². The Balaban J connectivity index is 2.21. The molecule has 2 atom stereocenters. The van der Waals surface area contributed by atoms with Crippen LogP contribution in [-0.2, 0) is 0 Å². The first-order valence-corrected chi connectivity index (χ1v) is 4.97. The Morgan fingerprint density at radius 3 is 2.64 bits per heavy atom. The Hall–Kier alpha value is -0.0400. The number of rotatable bonds is 3. The van der Waals surface area contributed by atoms with Gasteiger partial charge in [0.15, 0.2) is 0 Å². The summed E-state index contributed by atoms with van der Waals surface area (Å²) in [5.74, 6) is 1.55. The van der Waals surface area contributed by atoms with Gasteiger partial charge in [0, 0.05) is 6.61 Å².